The van der Waals surface area contributed by atoms with Crippen molar-refractivity contribution in [1.82, 2.24) is 10.4 Å². The highest BCUT2D eigenvalue weighted by atomic mass is 16.5. The zero-order chi connectivity index (χ0) is 20.2. The van der Waals surface area contributed by atoms with E-state index in [-0.39, 0.29) is 0 Å². The number of anilines is 1. The van der Waals surface area contributed by atoms with Gasteiger partial charge in [0.2, 0.25) is 0 Å². The number of fused-ring (bicyclic) bond motifs is 3. The maximum atomic E-state index is 12.2. The third-order valence-electron chi connectivity index (χ3n) is 4.22. The highest BCUT2D eigenvalue weighted by Crippen LogP contribution is 2.36. The number of furan rings is 1. The first kappa shape index (κ1) is 18.2. The smallest absolute Gasteiger partial charge is 0.329 e. The number of methoxy groups -OCH3 is 1. The van der Waals surface area contributed by atoms with E-state index in [1.807, 2.05) is 24.3 Å². The summed E-state index contributed by atoms with van der Waals surface area (Å²) in [7, 11) is 1.48. The third-order valence-corrected chi connectivity index (χ3v) is 4.22. The summed E-state index contributed by atoms with van der Waals surface area (Å²) in [6, 6.07) is 14.5. The van der Waals surface area contributed by atoms with Crippen molar-refractivity contribution in [3.63, 3.8) is 0 Å². The van der Waals surface area contributed by atoms with Crippen LogP contribution < -0.4 is 15.5 Å². The molecule has 4 aromatic rings. The number of carbonyl (C=O) groups excluding carboxylic acids is 2. The van der Waals surface area contributed by atoms with E-state index in [1.54, 1.807) is 36.7 Å². The summed E-state index contributed by atoms with van der Waals surface area (Å²) in [5.41, 5.74) is 4.46. The molecule has 0 spiro atoms. The van der Waals surface area contributed by atoms with Gasteiger partial charge in [0, 0.05) is 34.8 Å². The Bertz CT molecular complexity index is 1230. The molecule has 0 saturated heterocycles. The molecule has 0 aliphatic heterocycles. The van der Waals surface area contributed by atoms with Gasteiger partial charge in [0.15, 0.2) is 0 Å². The van der Waals surface area contributed by atoms with Crippen molar-refractivity contribution in [2.45, 2.75) is 0 Å². The van der Waals surface area contributed by atoms with E-state index in [0.29, 0.717) is 22.6 Å². The molecule has 2 N–H and O–H groups in total. The van der Waals surface area contributed by atoms with E-state index in [0.717, 1.165) is 16.4 Å². The summed E-state index contributed by atoms with van der Waals surface area (Å²) in [5.74, 6) is -1.40. The zero-order valence-corrected chi connectivity index (χ0v) is 15.4. The van der Waals surface area contributed by atoms with Crippen LogP contribution in [0.3, 0.4) is 0 Å². The van der Waals surface area contributed by atoms with Gasteiger partial charge >= 0.3 is 11.8 Å². The number of rotatable bonds is 4. The van der Waals surface area contributed by atoms with Crippen LogP contribution >= 0.6 is 0 Å². The number of nitrogens with one attached hydrogen (secondary N) is 2. The first-order valence-electron chi connectivity index (χ1n) is 8.69. The fraction of sp³-hybridized carbons (Fsp3) is 0.0476. The Balaban J connectivity index is 1.53. The number of hydrogen-bond donors (Lipinski definition) is 2. The van der Waals surface area contributed by atoms with Gasteiger partial charge in [0.05, 0.1) is 19.0 Å². The lowest BCUT2D eigenvalue weighted by Crippen LogP contribution is -2.32. The van der Waals surface area contributed by atoms with Gasteiger partial charge in [0.25, 0.3) is 0 Å². The quantitative estimate of drug-likeness (QED) is 0.317. The molecule has 29 heavy (non-hydrogen) atoms. The molecule has 0 bridgehead atoms. The van der Waals surface area contributed by atoms with Gasteiger partial charge in [-0.2, -0.15) is 5.10 Å². The highest BCUT2D eigenvalue weighted by Gasteiger charge is 2.18. The van der Waals surface area contributed by atoms with E-state index in [1.165, 1.54) is 13.3 Å². The normalized spacial score (nSPS) is 11.1. The Morgan fingerprint density at radius 1 is 1.07 bits per heavy atom. The van der Waals surface area contributed by atoms with Crippen molar-refractivity contribution < 1.29 is 18.7 Å². The first-order chi connectivity index (χ1) is 14.2. The molecule has 8 heteroatoms. The second-order valence-corrected chi connectivity index (χ2v) is 6.09. The van der Waals surface area contributed by atoms with Gasteiger partial charge in [-0.05, 0) is 18.2 Å². The summed E-state index contributed by atoms with van der Waals surface area (Å²) in [5, 5.41) is 8.05. The fourth-order valence-corrected chi connectivity index (χ4v) is 2.87. The molecule has 2 aromatic heterocycles. The SMILES string of the molecule is COc1cc2c(cc1NC(=O)C(=O)N/N=C\c1cccnc1)oc1ccccc12. The van der Waals surface area contributed by atoms with Crippen molar-refractivity contribution in [3.05, 3.63) is 66.5 Å². The molecule has 0 aliphatic carbocycles. The molecule has 0 saturated carbocycles. The van der Waals surface area contributed by atoms with E-state index >= 15 is 0 Å². The standard InChI is InChI=1S/C21H16N4O4/c1-28-19-9-15-14-6-2-3-7-17(14)29-18(15)10-16(19)24-20(26)21(27)25-23-12-13-5-4-8-22-11-13/h2-12H,1H3,(H,24,26)(H,25,27)/b23-12-. The lowest BCUT2D eigenvalue weighted by atomic mass is 10.1. The number of amides is 2. The minimum Gasteiger partial charge on any atom is -0.495 e. The number of carbonyl (C=O) groups is 2. The monoisotopic (exact) mass is 388 g/mol. The minimum atomic E-state index is -0.920. The lowest BCUT2D eigenvalue weighted by molar-refractivity contribution is -0.136. The maximum Gasteiger partial charge on any atom is 0.329 e. The Labute approximate surface area is 165 Å². The second kappa shape index (κ2) is 7.81. The van der Waals surface area contributed by atoms with Crippen molar-refractivity contribution in [2.75, 3.05) is 12.4 Å². The number of benzene rings is 2. The fourth-order valence-electron chi connectivity index (χ4n) is 2.87. The summed E-state index contributed by atoms with van der Waals surface area (Å²) < 4.78 is 11.2. The molecule has 0 radical (unpaired) electrons. The second-order valence-electron chi connectivity index (χ2n) is 6.09. The van der Waals surface area contributed by atoms with Crippen molar-refractivity contribution in [1.29, 1.82) is 0 Å². The van der Waals surface area contributed by atoms with Crippen LogP contribution in [0.5, 0.6) is 5.75 Å². The largest absolute Gasteiger partial charge is 0.495 e. The van der Waals surface area contributed by atoms with Gasteiger partial charge < -0.3 is 14.5 Å². The lowest BCUT2D eigenvalue weighted by Gasteiger charge is -2.09. The number of nitrogens with zero attached hydrogens (tertiary/aromatic N) is 2. The summed E-state index contributed by atoms with van der Waals surface area (Å²) >= 11 is 0. The van der Waals surface area contributed by atoms with Crippen molar-refractivity contribution in [2.24, 2.45) is 5.10 Å². The van der Waals surface area contributed by atoms with Gasteiger partial charge in [-0.25, -0.2) is 5.43 Å². The predicted molar refractivity (Wildman–Crippen MR) is 109 cm³/mol. The number of aromatic nitrogens is 1. The van der Waals surface area contributed by atoms with Crippen molar-refractivity contribution in [3.8, 4) is 5.75 Å². The molecule has 0 unspecified atom stereocenters. The number of hydrazone groups is 1. The molecule has 4 rings (SSSR count). The molecule has 0 aliphatic rings. The van der Waals surface area contributed by atoms with Crippen LogP contribution in [0.25, 0.3) is 21.9 Å². The highest BCUT2D eigenvalue weighted by molar-refractivity contribution is 6.39. The van der Waals surface area contributed by atoms with Gasteiger partial charge in [-0.15, -0.1) is 0 Å². The Hall–Kier alpha value is -4.20. The molecule has 144 valence electrons. The van der Waals surface area contributed by atoms with Crippen LogP contribution in [-0.2, 0) is 9.59 Å². The van der Waals surface area contributed by atoms with Crippen LogP contribution in [0.15, 0.2) is 70.4 Å². The Morgan fingerprint density at radius 3 is 2.72 bits per heavy atom. The molecule has 0 fully saturated rings. The van der Waals surface area contributed by atoms with Crippen LogP contribution in [0.1, 0.15) is 5.56 Å². The Kier molecular flexibility index (Phi) is 4.90. The van der Waals surface area contributed by atoms with E-state index in [4.69, 9.17) is 9.15 Å². The van der Waals surface area contributed by atoms with Gasteiger partial charge in [0.1, 0.15) is 16.9 Å². The summed E-state index contributed by atoms with van der Waals surface area (Å²) in [4.78, 5) is 28.2. The molecule has 0 atom stereocenters. The van der Waals surface area contributed by atoms with E-state index in [2.05, 4.69) is 20.8 Å². The zero-order valence-electron chi connectivity index (χ0n) is 15.4. The minimum absolute atomic E-state index is 0.315. The van der Waals surface area contributed by atoms with Gasteiger partial charge in [-0.1, -0.05) is 24.3 Å². The maximum absolute atomic E-state index is 12.2. The molecular formula is C21H16N4O4. The predicted octanol–water partition coefficient (Wildman–Crippen LogP) is 3.08. The molecule has 2 aromatic carbocycles. The Morgan fingerprint density at radius 2 is 1.93 bits per heavy atom. The number of pyridine rings is 1. The molecule has 2 amide bonds. The number of hydrogen-bond acceptors (Lipinski definition) is 6. The van der Waals surface area contributed by atoms with E-state index in [9.17, 15) is 9.59 Å². The number of ether oxygens (including phenoxy) is 1. The topological polar surface area (TPSA) is 106 Å². The molecular weight excluding hydrogens is 372 g/mol. The van der Waals surface area contributed by atoms with Crippen LogP contribution in [-0.4, -0.2) is 30.1 Å². The summed E-state index contributed by atoms with van der Waals surface area (Å²) in [6.45, 7) is 0. The molecule has 8 nitrogen and oxygen atoms in total. The van der Waals surface area contributed by atoms with Crippen LogP contribution in [0.4, 0.5) is 5.69 Å². The number of para-hydroxylation sites is 1. The van der Waals surface area contributed by atoms with Crippen molar-refractivity contribution >= 4 is 45.7 Å². The van der Waals surface area contributed by atoms with Crippen LogP contribution in [0, 0.1) is 0 Å². The molecule has 2 heterocycles. The average molecular weight is 388 g/mol. The third kappa shape index (κ3) is 3.77. The van der Waals surface area contributed by atoms with Gasteiger partial charge in [-0.3, -0.25) is 14.6 Å². The summed E-state index contributed by atoms with van der Waals surface area (Å²) in [6.07, 6.45) is 4.58. The first-order valence-corrected chi connectivity index (χ1v) is 8.69. The van der Waals surface area contributed by atoms with E-state index < -0.39 is 11.8 Å². The van der Waals surface area contributed by atoms with Crippen LogP contribution in [0.2, 0.25) is 0 Å². The average Bonchev–Trinajstić information content (AvgIpc) is 3.11.